The van der Waals surface area contributed by atoms with Gasteiger partial charge in [-0.15, -0.1) is 0 Å². The summed E-state index contributed by atoms with van der Waals surface area (Å²) in [5.74, 6) is 0.823. The summed E-state index contributed by atoms with van der Waals surface area (Å²) >= 11 is 0. The lowest BCUT2D eigenvalue weighted by atomic mass is 10.1. The van der Waals surface area contributed by atoms with Crippen molar-refractivity contribution in [3.8, 4) is 5.75 Å². The van der Waals surface area contributed by atoms with E-state index in [2.05, 4.69) is 20.6 Å². The summed E-state index contributed by atoms with van der Waals surface area (Å²) in [5.41, 5.74) is 2.12. The molecule has 3 N–H and O–H groups in total. The minimum Gasteiger partial charge on any atom is -0.490 e. The van der Waals surface area contributed by atoms with E-state index < -0.39 is 0 Å². The molecule has 0 radical (unpaired) electrons. The quantitative estimate of drug-likeness (QED) is 0.342. The Hall–Kier alpha value is -3.53. The molecule has 1 atom stereocenters. The Morgan fingerprint density at radius 3 is 2.57 bits per heavy atom. The average Bonchev–Trinajstić information content (AvgIpc) is 2.83. The van der Waals surface area contributed by atoms with E-state index >= 15 is 0 Å². The maximum atomic E-state index is 12.6. The Morgan fingerprint density at radius 2 is 1.89 bits per heavy atom. The minimum absolute atomic E-state index is 0.110. The molecule has 0 bridgehead atoms. The third-order valence-corrected chi connectivity index (χ3v) is 5.23. The first-order valence-corrected chi connectivity index (χ1v) is 11.5. The normalized spacial score (nSPS) is 12.4. The van der Waals surface area contributed by atoms with Crippen LogP contribution >= 0.6 is 0 Å². The zero-order valence-electron chi connectivity index (χ0n) is 20.7. The van der Waals surface area contributed by atoms with Crippen molar-refractivity contribution in [1.82, 2.24) is 19.8 Å². The van der Waals surface area contributed by atoms with Gasteiger partial charge in [-0.3, -0.25) is 4.79 Å². The molecule has 186 valence electrons. The third-order valence-electron chi connectivity index (χ3n) is 5.23. The van der Waals surface area contributed by atoms with Crippen LogP contribution in [0.1, 0.15) is 11.6 Å². The molecule has 1 amide bonds. The van der Waals surface area contributed by atoms with Crippen molar-refractivity contribution in [1.29, 1.82) is 0 Å². The van der Waals surface area contributed by atoms with Gasteiger partial charge in [0.2, 0.25) is 5.91 Å². The number of hydrogen-bond donors (Lipinski definition) is 3. The van der Waals surface area contributed by atoms with Crippen molar-refractivity contribution in [2.45, 2.75) is 6.04 Å². The zero-order valence-corrected chi connectivity index (χ0v) is 20.7. The highest BCUT2D eigenvalue weighted by Crippen LogP contribution is 2.33. The predicted molar refractivity (Wildman–Crippen MR) is 140 cm³/mol. The molecule has 0 saturated carbocycles. The number of ether oxygens (including phenoxy) is 1. The van der Waals surface area contributed by atoms with Crippen molar-refractivity contribution in [3.05, 3.63) is 66.5 Å². The minimum atomic E-state index is -0.350. The Bertz CT molecular complexity index is 1130. The highest BCUT2D eigenvalue weighted by Gasteiger charge is 2.16. The van der Waals surface area contributed by atoms with Gasteiger partial charge in [0, 0.05) is 30.6 Å². The summed E-state index contributed by atoms with van der Waals surface area (Å²) in [5, 5.41) is 16.9. The van der Waals surface area contributed by atoms with E-state index in [1.54, 1.807) is 18.2 Å². The molecule has 1 heterocycles. The van der Waals surface area contributed by atoms with Gasteiger partial charge in [0.15, 0.2) is 0 Å². The number of rotatable bonds is 12. The van der Waals surface area contributed by atoms with Gasteiger partial charge in [-0.1, -0.05) is 36.4 Å². The monoisotopic (exact) mass is 478 g/mol. The Balaban J connectivity index is 1.94. The third kappa shape index (κ3) is 7.74. The van der Waals surface area contributed by atoms with E-state index in [9.17, 15) is 9.90 Å². The van der Waals surface area contributed by atoms with Crippen LogP contribution in [0.3, 0.4) is 0 Å². The van der Waals surface area contributed by atoms with E-state index in [1.165, 1.54) is 12.4 Å². The first-order chi connectivity index (χ1) is 16.9. The van der Waals surface area contributed by atoms with E-state index in [0.717, 1.165) is 12.1 Å². The molecule has 1 aromatic heterocycles. The smallest absolute Gasteiger partial charge is 0.248 e. The van der Waals surface area contributed by atoms with Crippen LogP contribution < -0.4 is 15.4 Å². The molecule has 0 saturated heterocycles. The molecule has 0 aliphatic rings. The zero-order chi connectivity index (χ0) is 25.2. The number of nitrogens with zero attached hydrogens (tertiary/aromatic N) is 4. The number of fused-ring (bicyclic) bond motifs is 1. The fourth-order valence-corrected chi connectivity index (χ4v) is 3.38. The van der Waals surface area contributed by atoms with Crippen LogP contribution in [0, 0.1) is 0 Å². The summed E-state index contributed by atoms with van der Waals surface area (Å²) in [6, 6.07) is 12.9. The standard InChI is InChI=1S/C26H34N6O3/c1-31(2)12-8-11-25(34)29-22-15-20-21(16-24(22)35-14-13-32(3)4)27-18-28-26(20)30-23(17-33)19-9-6-5-7-10-19/h5-11,15-16,18,23,33H,12-14,17H2,1-4H3,(H,29,34)(H,27,28,30)/b11-8+/t23-/m1/s1. The van der Waals surface area contributed by atoms with E-state index in [1.807, 2.05) is 68.3 Å². The molecular formula is C26H34N6O3. The summed E-state index contributed by atoms with van der Waals surface area (Å²) in [4.78, 5) is 25.4. The van der Waals surface area contributed by atoms with Crippen LogP contribution in [0.15, 0.2) is 60.9 Å². The van der Waals surface area contributed by atoms with Crippen LogP contribution in [-0.4, -0.2) is 85.3 Å². The van der Waals surface area contributed by atoms with Gasteiger partial charge in [0.05, 0.1) is 23.9 Å². The largest absolute Gasteiger partial charge is 0.490 e. The molecule has 0 fully saturated rings. The van der Waals surface area contributed by atoms with Gasteiger partial charge in [0.1, 0.15) is 24.5 Å². The van der Waals surface area contributed by atoms with Gasteiger partial charge < -0.3 is 30.3 Å². The molecule has 0 aliphatic heterocycles. The number of hydrogen-bond acceptors (Lipinski definition) is 8. The fourth-order valence-electron chi connectivity index (χ4n) is 3.38. The lowest BCUT2D eigenvalue weighted by molar-refractivity contribution is -0.111. The number of amides is 1. The van der Waals surface area contributed by atoms with Gasteiger partial charge in [0.25, 0.3) is 0 Å². The second kappa shape index (κ2) is 12.8. The second-order valence-electron chi connectivity index (χ2n) is 8.68. The van der Waals surface area contributed by atoms with Crippen molar-refractivity contribution in [2.75, 3.05) is 65.1 Å². The molecular weight excluding hydrogens is 444 g/mol. The number of carbonyl (C=O) groups excluding carboxylic acids is 1. The van der Waals surface area contributed by atoms with Crippen molar-refractivity contribution < 1.29 is 14.6 Å². The van der Waals surface area contributed by atoms with E-state index in [-0.39, 0.29) is 18.6 Å². The Labute approximate surface area is 206 Å². The van der Waals surface area contributed by atoms with Gasteiger partial charge >= 0.3 is 0 Å². The van der Waals surface area contributed by atoms with Gasteiger partial charge in [-0.05, 0) is 39.8 Å². The summed E-state index contributed by atoms with van der Waals surface area (Å²) in [7, 11) is 7.81. The SMILES string of the molecule is CN(C)C/C=C/C(=O)Nc1cc2c(N[C@H](CO)c3ccccc3)ncnc2cc1OCCN(C)C. The number of aromatic nitrogens is 2. The lowest BCUT2D eigenvalue weighted by Crippen LogP contribution is -2.20. The molecule has 0 unspecified atom stereocenters. The highest BCUT2D eigenvalue weighted by molar-refractivity contribution is 6.03. The van der Waals surface area contributed by atoms with Crippen LogP contribution in [0.5, 0.6) is 5.75 Å². The maximum absolute atomic E-state index is 12.6. The molecule has 0 aliphatic carbocycles. The van der Waals surface area contributed by atoms with E-state index in [4.69, 9.17) is 4.74 Å². The number of benzene rings is 2. The first-order valence-electron chi connectivity index (χ1n) is 11.5. The van der Waals surface area contributed by atoms with Crippen LogP contribution in [0.4, 0.5) is 11.5 Å². The number of aliphatic hydroxyl groups excluding tert-OH is 1. The first kappa shape index (κ1) is 26.1. The molecule has 0 spiro atoms. The van der Waals surface area contributed by atoms with Crippen LogP contribution in [0.25, 0.3) is 10.9 Å². The van der Waals surface area contributed by atoms with Crippen molar-refractivity contribution in [3.63, 3.8) is 0 Å². The predicted octanol–water partition coefficient (Wildman–Crippen LogP) is 2.77. The van der Waals surface area contributed by atoms with Gasteiger partial charge in [-0.25, -0.2) is 9.97 Å². The number of likely N-dealkylation sites (N-methyl/N-ethyl adjacent to an activating group) is 2. The molecule has 9 nitrogen and oxygen atoms in total. The number of nitrogens with one attached hydrogen (secondary N) is 2. The fraction of sp³-hybridized carbons (Fsp3) is 0.346. The molecule has 3 rings (SSSR count). The molecule has 3 aromatic rings. The van der Waals surface area contributed by atoms with Gasteiger partial charge in [-0.2, -0.15) is 0 Å². The number of aliphatic hydroxyl groups is 1. The molecule has 9 heteroatoms. The second-order valence-corrected chi connectivity index (χ2v) is 8.68. The van der Waals surface area contributed by atoms with Crippen molar-refractivity contribution >= 4 is 28.3 Å². The van der Waals surface area contributed by atoms with E-state index in [0.29, 0.717) is 41.3 Å². The summed E-state index contributed by atoms with van der Waals surface area (Å²) in [6.07, 6.45) is 4.77. The maximum Gasteiger partial charge on any atom is 0.248 e. The topological polar surface area (TPSA) is 103 Å². The average molecular weight is 479 g/mol. The van der Waals surface area contributed by atoms with Crippen molar-refractivity contribution in [2.24, 2.45) is 0 Å². The number of anilines is 2. The van der Waals surface area contributed by atoms with Crippen LogP contribution in [0.2, 0.25) is 0 Å². The molecule has 35 heavy (non-hydrogen) atoms. The summed E-state index contributed by atoms with van der Waals surface area (Å²) in [6.45, 7) is 1.72. The Morgan fingerprint density at radius 1 is 1.11 bits per heavy atom. The van der Waals surface area contributed by atoms with Crippen LogP contribution in [-0.2, 0) is 4.79 Å². The number of carbonyl (C=O) groups is 1. The molecule has 2 aromatic carbocycles. The highest BCUT2D eigenvalue weighted by atomic mass is 16.5. The lowest BCUT2D eigenvalue weighted by Gasteiger charge is -2.19. The summed E-state index contributed by atoms with van der Waals surface area (Å²) < 4.78 is 6.00. The Kier molecular flexibility index (Phi) is 9.54.